The minimum atomic E-state index is -0.522. The van der Waals surface area contributed by atoms with E-state index in [-0.39, 0.29) is 12.4 Å². The molecule has 1 N–H and O–H groups in total. The van der Waals surface area contributed by atoms with Gasteiger partial charge in [-0.15, -0.1) is 0 Å². The number of carbonyl (C=O) groups excluding carboxylic acids is 1. The summed E-state index contributed by atoms with van der Waals surface area (Å²) < 4.78 is 5.25. The molecule has 1 aromatic rings. The number of methoxy groups -OCH3 is 1. The number of hydrogen-bond acceptors (Lipinski definition) is 3. The Labute approximate surface area is 108 Å². The Bertz CT molecular complexity index is 467. The number of rotatable bonds is 4. The molecule has 0 unspecified atom stereocenters. The first-order valence-corrected chi connectivity index (χ1v) is 6.35. The Morgan fingerprint density at radius 1 is 1.33 bits per heavy atom. The number of Topliss-reactive ketones (excluding diaryl/α,β-unsaturated/α-hetero) is 1. The number of ketones is 1. The van der Waals surface area contributed by atoms with E-state index < -0.39 is 5.41 Å². The van der Waals surface area contributed by atoms with Crippen LogP contribution in [0.1, 0.15) is 40.7 Å². The normalized spacial score (nSPS) is 17.1. The van der Waals surface area contributed by atoms with Crippen molar-refractivity contribution in [3.63, 3.8) is 0 Å². The molecule has 0 heterocycles. The summed E-state index contributed by atoms with van der Waals surface area (Å²) in [4.78, 5) is 12.6. The zero-order chi connectivity index (χ0) is 13.3. The smallest absolute Gasteiger partial charge is 0.171 e. The Morgan fingerprint density at radius 2 is 2.00 bits per heavy atom. The van der Waals surface area contributed by atoms with E-state index in [9.17, 15) is 9.90 Å². The summed E-state index contributed by atoms with van der Waals surface area (Å²) in [6, 6.07) is 3.65. The van der Waals surface area contributed by atoms with Gasteiger partial charge in [0, 0.05) is 5.56 Å². The molecule has 0 radical (unpaired) electrons. The van der Waals surface area contributed by atoms with Gasteiger partial charge >= 0.3 is 0 Å². The van der Waals surface area contributed by atoms with E-state index in [0.717, 1.165) is 41.7 Å². The zero-order valence-corrected chi connectivity index (χ0v) is 11.2. The molecule has 0 spiro atoms. The highest BCUT2D eigenvalue weighted by molar-refractivity contribution is 6.02. The molecule has 1 aliphatic rings. The number of benzene rings is 1. The summed E-state index contributed by atoms with van der Waals surface area (Å²) in [6.45, 7) is 3.85. The van der Waals surface area contributed by atoms with Gasteiger partial charge in [0.25, 0.3) is 0 Å². The van der Waals surface area contributed by atoms with E-state index in [1.807, 2.05) is 26.0 Å². The largest absolute Gasteiger partial charge is 0.496 e. The molecule has 18 heavy (non-hydrogen) atoms. The third kappa shape index (κ3) is 1.83. The van der Waals surface area contributed by atoms with Gasteiger partial charge in [-0.1, -0.05) is 6.42 Å². The summed E-state index contributed by atoms with van der Waals surface area (Å²) in [5, 5.41) is 9.48. The number of aliphatic hydroxyl groups excluding tert-OH is 1. The number of ether oxygens (including phenoxy) is 1. The molecule has 1 saturated carbocycles. The fourth-order valence-electron chi connectivity index (χ4n) is 2.61. The lowest BCUT2D eigenvalue weighted by Crippen LogP contribution is -2.41. The van der Waals surface area contributed by atoms with E-state index in [1.165, 1.54) is 0 Å². The molecule has 98 valence electrons. The molecular weight excluding hydrogens is 228 g/mol. The van der Waals surface area contributed by atoms with Gasteiger partial charge < -0.3 is 9.84 Å². The maximum absolute atomic E-state index is 12.6. The molecule has 0 amide bonds. The Hall–Kier alpha value is -1.35. The third-order valence-electron chi connectivity index (χ3n) is 4.30. The van der Waals surface area contributed by atoms with Gasteiger partial charge in [-0.3, -0.25) is 4.79 Å². The quantitative estimate of drug-likeness (QED) is 0.833. The van der Waals surface area contributed by atoms with Crippen LogP contribution in [0.5, 0.6) is 5.75 Å². The molecular formula is C15H20O3. The fourth-order valence-corrected chi connectivity index (χ4v) is 2.61. The molecule has 0 atom stereocenters. The summed E-state index contributed by atoms with van der Waals surface area (Å²) in [6.07, 6.45) is 2.63. The van der Waals surface area contributed by atoms with Gasteiger partial charge in [0.15, 0.2) is 5.78 Å². The van der Waals surface area contributed by atoms with Gasteiger partial charge in [0.2, 0.25) is 0 Å². The highest BCUT2D eigenvalue weighted by Gasteiger charge is 2.44. The Kier molecular flexibility index (Phi) is 3.44. The maximum Gasteiger partial charge on any atom is 0.171 e. The summed E-state index contributed by atoms with van der Waals surface area (Å²) in [5.41, 5.74) is 2.16. The van der Waals surface area contributed by atoms with Crippen LogP contribution in [-0.2, 0) is 0 Å². The van der Waals surface area contributed by atoms with Gasteiger partial charge in [0.1, 0.15) is 5.75 Å². The molecule has 2 rings (SSSR count). The highest BCUT2D eigenvalue weighted by Crippen LogP contribution is 2.44. The van der Waals surface area contributed by atoms with Gasteiger partial charge in [-0.25, -0.2) is 0 Å². The minimum Gasteiger partial charge on any atom is -0.496 e. The van der Waals surface area contributed by atoms with Crippen LogP contribution in [0.3, 0.4) is 0 Å². The van der Waals surface area contributed by atoms with Crippen LogP contribution in [0.15, 0.2) is 12.1 Å². The highest BCUT2D eigenvalue weighted by atomic mass is 16.5. The first-order valence-electron chi connectivity index (χ1n) is 6.35. The predicted octanol–water partition coefficient (Wildman–Crippen LogP) is 2.66. The van der Waals surface area contributed by atoms with Gasteiger partial charge in [0.05, 0.1) is 19.1 Å². The second-order valence-electron chi connectivity index (χ2n) is 5.19. The second-order valence-corrected chi connectivity index (χ2v) is 5.19. The van der Waals surface area contributed by atoms with Crippen molar-refractivity contribution >= 4 is 5.78 Å². The molecule has 0 bridgehead atoms. The Morgan fingerprint density at radius 3 is 2.44 bits per heavy atom. The third-order valence-corrected chi connectivity index (χ3v) is 4.30. The molecule has 0 aliphatic heterocycles. The van der Waals surface area contributed by atoms with E-state index >= 15 is 0 Å². The number of carbonyl (C=O) groups is 1. The average Bonchev–Trinajstić information content (AvgIpc) is 2.31. The zero-order valence-electron chi connectivity index (χ0n) is 11.2. The SMILES string of the molecule is COc1ccc(C(=O)C2(CO)CCC2)c(C)c1C. The molecule has 1 fully saturated rings. The van der Waals surface area contributed by atoms with Crippen molar-refractivity contribution in [1.82, 2.24) is 0 Å². The lowest BCUT2D eigenvalue weighted by Gasteiger charge is -2.39. The van der Waals surface area contributed by atoms with Crippen LogP contribution in [0, 0.1) is 19.3 Å². The number of hydrogen-bond donors (Lipinski definition) is 1. The van der Waals surface area contributed by atoms with Crippen LogP contribution in [0.2, 0.25) is 0 Å². The minimum absolute atomic E-state index is 0.0453. The summed E-state index contributed by atoms with van der Waals surface area (Å²) in [7, 11) is 1.63. The van der Waals surface area contributed by atoms with Crippen molar-refractivity contribution in [2.45, 2.75) is 33.1 Å². The second kappa shape index (κ2) is 4.73. The Balaban J connectivity index is 2.40. The van der Waals surface area contributed by atoms with E-state index in [2.05, 4.69) is 0 Å². The predicted molar refractivity (Wildman–Crippen MR) is 70.2 cm³/mol. The summed E-state index contributed by atoms with van der Waals surface area (Å²) >= 11 is 0. The standard InChI is InChI=1S/C15H20O3/c1-10-11(2)13(18-3)6-5-12(10)14(17)15(9-16)7-4-8-15/h5-6,16H,4,7-9H2,1-3H3. The number of aliphatic hydroxyl groups is 1. The van der Waals surface area contributed by atoms with Crippen LogP contribution in [0.4, 0.5) is 0 Å². The molecule has 3 nitrogen and oxygen atoms in total. The van der Waals surface area contributed by atoms with Gasteiger partial charge in [-0.05, 0) is 49.9 Å². The molecule has 0 aromatic heterocycles. The van der Waals surface area contributed by atoms with Crippen LogP contribution < -0.4 is 4.74 Å². The molecule has 3 heteroatoms. The lowest BCUT2D eigenvalue weighted by atomic mass is 9.64. The van der Waals surface area contributed by atoms with Crippen LogP contribution in [-0.4, -0.2) is 24.6 Å². The first kappa shape index (κ1) is 13.1. The summed E-state index contributed by atoms with van der Waals surface area (Å²) in [5.74, 6) is 0.884. The van der Waals surface area contributed by atoms with Crippen molar-refractivity contribution in [3.8, 4) is 5.75 Å². The topological polar surface area (TPSA) is 46.5 Å². The maximum atomic E-state index is 12.6. The van der Waals surface area contributed by atoms with Crippen LogP contribution in [0.25, 0.3) is 0 Å². The monoisotopic (exact) mass is 248 g/mol. The van der Waals surface area contributed by atoms with E-state index in [4.69, 9.17) is 4.74 Å². The fraction of sp³-hybridized carbons (Fsp3) is 0.533. The van der Waals surface area contributed by atoms with E-state index in [1.54, 1.807) is 7.11 Å². The van der Waals surface area contributed by atoms with Crippen molar-refractivity contribution in [2.24, 2.45) is 5.41 Å². The first-order chi connectivity index (χ1) is 8.55. The average molecular weight is 248 g/mol. The molecule has 1 aromatic carbocycles. The van der Waals surface area contributed by atoms with Crippen LogP contribution >= 0.6 is 0 Å². The van der Waals surface area contributed by atoms with Crippen molar-refractivity contribution in [3.05, 3.63) is 28.8 Å². The van der Waals surface area contributed by atoms with Crippen molar-refractivity contribution in [1.29, 1.82) is 0 Å². The van der Waals surface area contributed by atoms with Crippen molar-refractivity contribution < 1.29 is 14.6 Å². The molecule has 0 saturated heterocycles. The van der Waals surface area contributed by atoms with E-state index in [0.29, 0.717) is 0 Å². The van der Waals surface area contributed by atoms with Crippen molar-refractivity contribution in [2.75, 3.05) is 13.7 Å². The molecule has 1 aliphatic carbocycles. The lowest BCUT2D eigenvalue weighted by molar-refractivity contribution is 0.0347. The van der Waals surface area contributed by atoms with Gasteiger partial charge in [-0.2, -0.15) is 0 Å².